The number of carboxylic acids is 1. The molecule has 4 nitrogen and oxygen atoms in total. The molecule has 1 N–H and O–H groups in total. The van der Waals surface area contributed by atoms with E-state index in [2.05, 4.69) is 38.2 Å². The molecule has 246 valence electrons. The summed E-state index contributed by atoms with van der Waals surface area (Å²) in [5, 5.41) is 8.92. The van der Waals surface area contributed by atoms with Crippen molar-refractivity contribution in [2.75, 3.05) is 0 Å². The first-order valence-electron chi connectivity index (χ1n) is 18.3. The zero-order valence-electron chi connectivity index (χ0n) is 28.1. The van der Waals surface area contributed by atoms with Gasteiger partial charge < -0.3 is 9.84 Å². The van der Waals surface area contributed by atoms with Gasteiger partial charge in [-0.3, -0.25) is 9.59 Å². The van der Waals surface area contributed by atoms with E-state index in [9.17, 15) is 9.59 Å². The Morgan fingerprint density at radius 2 is 0.810 bits per heavy atom. The third-order valence-corrected chi connectivity index (χ3v) is 8.17. The van der Waals surface area contributed by atoms with Crippen LogP contribution in [0.4, 0.5) is 0 Å². The Morgan fingerprint density at radius 3 is 1.14 bits per heavy atom. The van der Waals surface area contributed by atoms with Crippen LogP contribution in [0.3, 0.4) is 0 Å². The fourth-order valence-electron chi connectivity index (χ4n) is 5.50. The van der Waals surface area contributed by atoms with E-state index in [-0.39, 0.29) is 6.10 Å². The Bertz CT molecular complexity index is 599. The summed E-state index contributed by atoms with van der Waals surface area (Å²) in [6, 6.07) is 0. The van der Waals surface area contributed by atoms with Crippen molar-refractivity contribution in [2.45, 2.75) is 206 Å². The van der Waals surface area contributed by atoms with Gasteiger partial charge in [0.1, 0.15) is 12.5 Å². The number of ether oxygens (including phenoxy) is 1. The molecule has 0 fully saturated rings. The third kappa shape index (κ3) is 32.9. The molecule has 42 heavy (non-hydrogen) atoms. The molecular formula is C38H70O4. The summed E-state index contributed by atoms with van der Waals surface area (Å²) >= 11 is 0. The van der Waals surface area contributed by atoms with E-state index in [0.717, 1.165) is 38.5 Å². The number of hydrogen-bond donors (Lipinski definition) is 1. The van der Waals surface area contributed by atoms with Gasteiger partial charge in [-0.05, 0) is 77.0 Å². The van der Waals surface area contributed by atoms with Crippen LogP contribution in [0.5, 0.6) is 0 Å². The van der Waals surface area contributed by atoms with E-state index < -0.39 is 18.4 Å². The number of esters is 1. The van der Waals surface area contributed by atoms with Crippen molar-refractivity contribution in [3.63, 3.8) is 0 Å². The highest BCUT2D eigenvalue weighted by atomic mass is 16.5. The zero-order chi connectivity index (χ0) is 30.8. The van der Waals surface area contributed by atoms with Crippen LogP contribution in [0.1, 0.15) is 200 Å². The molecule has 0 aromatic heterocycles. The Morgan fingerprint density at radius 1 is 0.500 bits per heavy atom. The number of rotatable bonds is 33. The van der Waals surface area contributed by atoms with Gasteiger partial charge in [0.2, 0.25) is 0 Å². The lowest BCUT2D eigenvalue weighted by Crippen LogP contribution is -2.20. The Labute approximate surface area is 261 Å². The van der Waals surface area contributed by atoms with Crippen molar-refractivity contribution >= 4 is 11.9 Å². The maximum Gasteiger partial charge on any atom is 0.317 e. The molecule has 0 aliphatic carbocycles. The minimum Gasteiger partial charge on any atom is -0.481 e. The lowest BCUT2D eigenvalue weighted by atomic mass is 10.0. The minimum atomic E-state index is -1.11. The maximum absolute atomic E-state index is 12.0. The van der Waals surface area contributed by atoms with Gasteiger partial charge in [0.15, 0.2) is 0 Å². The predicted octanol–water partition coefficient (Wildman–Crippen LogP) is 12.4. The zero-order valence-corrected chi connectivity index (χ0v) is 28.1. The average Bonchev–Trinajstić information content (AvgIpc) is 2.96. The number of unbranched alkanes of at least 4 members (excludes halogenated alkanes) is 22. The van der Waals surface area contributed by atoms with E-state index in [0.29, 0.717) is 0 Å². The number of allylic oxidation sites excluding steroid dienone is 4. The van der Waals surface area contributed by atoms with E-state index in [1.165, 1.54) is 141 Å². The van der Waals surface area contributed by atoms with E-state index in [1.54, 1.807) is 0 Å². The molecule has 0 heterocycles. The quantitative estimate of drug-likeness (QED) is 0.0357. The van der Waals surface area contributed by atoms with Crippen molar-refractivity contribution in [1.82, 2.24) is 0 Å². The van der Waals surface area contributed by atoms with Crippen molar-refractivity contribution in [1.29, 1.82) is 0 Å². The van der Waals surface area contributed by atoms with Crippen molar-refractivity contribution in [2.24, 2.45) is 0 Å². The lowest BCUT2D eigenvalue weighted by molar-refractivity contribution is -0.155. The molecule has 0 aromatic carbocycles. The van der Waals surface area contributed by atoms with Crippen LogP contribution >= 0.6 is 0 Å². The Hall–Kier alpha value is -1.58. The molecule has 0 spiro atoms. The summed E-state index contributed by atoms with van der Waals surface area (Å²) in [6.07, 6.45) is 43.5. The second-order valence-electron chi connectivity index (χ2n) is 12.4. The number of hydrogen-bond acceptors (Lipinski definition) is 3. The summed E-state index contributed by atoms with van der Waals surface area (Å²) in [6.45, 7) is 4.53. The van der Waals surface area contributed by atoms with E-state index >= 15 is 0 Å². The van der Waals surface area contributed by atoms with Crippen LogP contribution < -0.4 is 0 Å². The highest BCUT2D eigenvalue weighted by Crippen LogP contribution is 2.18. The molecule has 0 aromatic rings. The van der Waals surface area contributed by atoms with E-state index in [1.807, 2.05) is 0 Å². The van der Waals surface area contributed by atoms with Gasteiger partial charge in [0.05, 0.1) is 0 Å². The molecule has 0 bridgehead atoms. The van der Waals surface area contributed by atoms with Crippen LogP contribution in [0.2, 0.25) is 0 Å². The summed E-state index contributed by atoms with van der Waals surface area (Å²) in [5.74, 6) is -1.70. The predicted molar refractivity (Wildman–Crippen MR) is 181 cm³/mol. The van der Waals surface area contributed by atoms with Crippen LogP contribution in [0.15, 0.2) is 24.3 Å². The fraction of sp³-hybridized carbons (Fsp3) is 0.842. The number of carboxylic acid groups (broad SMARTS) is 1. The number of carbonyl (C=O) groups is 2. The standard InChI is InChI=1S/C38H70O4/c1-3-5-7-9-11-13-15-17-19-21-23-25-27-29-31-33-36(42-38(41)35-37(39)40)34-32-30-28-26-24-22-20-18-16-14-12-10-8-6-4-2/h17-20,36H,3-16,21-35H2,1-2H3,(H,39,40)/b19-17-,20-18-. The van der Waals surface area contributed by atoms with Gasteiger partial charge in [0.25, 0.3) is 0 Å². The molecule has 0 saturated carbocycles. The first kappa shape index (κ1) is 40.4. The molecule has 0 rings (SSSR count). The molecule has 0 aliphatic heterocycles. The summed E-state index contributed by atoms with van der Waals surface area (Å²) in [7, 11) is 0. The third-order valence-electron chi connectivity index (χ3n) is 8.17. The number of aliphatic carboxylic acids is 1. The van der Waals surface area contributed by atoms with Gasteiger partial charge in [0, 0.05) is 0 Å². The van der Waals surface area contributed by atoms with Crippen LogP contribution in [-0.2, 0) is 14.3 Å². The van der Waals surface area contributed by atoms with Crippen LogP contribution in [-0.4, -0.2) is 23.1 Å². The van der Waals surface area contributed by atoms with Crippen LogP contribution in [0.25, 0.3) is 0 Å². The Kier molecular flexibility index (Phi) is 32.6. The van der Waals surface area contributed by atoms with Gasteiger partial charge in [-0.25, -0.2) is 0 Å². The van der Waals surface area contributed by atoms with E-state index in [4.69, 9.17) is 9.84 Å². The maximum atomic E-state index is 12.0. The minimum absolute atomic E-state index is 0.133. The first-order chi connectivity index (χ1) is 20.6. The molecular weight excluding hydrogens is 520 g/mol. The van der Waals surface area contributed by atoms with Crippen molar-refractivity contribution in [3.8, 4) is 0 Å². The van der Waals surface area contributed by atoms with Gasteiger partial charge in [-0.15, -0.1) is 0 Å². The Balaban J connectivity index is 3.87. The smallest absolute Gasteiger partial charge is 0.317 e. The molecule has 0 saturated heterocycles. The average molecular weight is 591 g/mol. The summed E-state index contributed by atoms with van der Waals surface area (Å²) in [4.78, 5) is 22.9. The SMILES string of the molecule is CCCCCCCC/C=C\CCCCCCCC(CCCCCCC/C=C\CCCCCCCC)OC(=O)CC(=O)O. The second kappa shape index (κ2) is 33.9. The molecule has 0 aliphatic rings. The normalized spacial score (nSPS) is 11.8. The molecule has 0 radical (unpaired) electrons. The first-order valence-corrected chi connectivity index (χ1v) is 18.3. The van der Waals surface area contributed by atoms with Crippen molar-refractivity contribution < 1.29 is 19.4 Å². The highest BCUT2D eigenvalue weighted by Gasteiger charge is 2.16. The van der Waals surface area contributed by atoms with Gasteiger partial charge in [-0.2, -0.15) is 0 Å². The fourth-order valence-corrected chi connectivity index (χ4v) is 5.50. The topological polar surface area (TPSA) is 63.6 Å². The molecule has 0 atom stereocenters. The number of carbonyl (C=O) groups excluding carboxylic acids is 1. The summed E-state index contributed by atoms with van der Waals surface area (Å²) < 4.78 is 5.56. The highest BCUT2D eigenvalue weighted by molar-refractivity contribution is 5.90. The molecule has 0 unspecified atom stereocenters. The lowest BCUT2D eigenvalue weighted by Gasteiger charge is -2.17. The summed E-state index contributed by atoms with van der Waals surface area (Å²) in [5.41, 5.74) is 0. The molecule has 4 heteroatoms. The largest absolute Gasteiger partial charge is 0.481 e. The van der Waals surface area contributed by atoms with Crippen LogP contribution in [0, 0.1) is 0 Å². The monoisotopic (exact) mass is 591 g/mol. The second-order valence-corrected chi connectivity index (χ2v) is 12.4. The van der Waals surface area contributed by atoms with Gasteiger partial charge in [-0.1, -0.05) is 141 Å². The van der Waals surface area contributed by atoms with Gasteiger partial charge >= 0.3 is 11.9 Å². The molecule has 0 amide bonds. The van der Waals surface area contributed by atoms with Crippen molar-refractivity contribution in [3.05, 3.63) is 24.3 Å².